The highest BCUT2D eigenvalue weighted by Crippen LogP contribution is 2.43. The van der Waals surface area contributed by atoms with Crippen LogP contribution in [0.2, 0.25) is 0 Å². The van der Waals surface area contributed by atoms with Crippen molar-refractivity contribution >= 4 is 28.6 Å². The number of hydrogen-bond donors (Lipinski definition) is 1. The fourth-order valence-electron chi connectivity index (χ4n) is 4.75. The van der Waals surface area contributed by atoms with E-state index in [2.05, 4.69) is 78.3 Å². The molecule has 0 amide bonds. The third kappa shape index (κ3) is 4.06. The average molecular weight is 437 g/mol. The second-order valence-corrected chi connectivity index (χ2v) is 9.37. The van der Waals surface area contributed by atoms with Gasteiger partial charge >= 0.3 is 0 Å². The lowest BCUT2D eigenvalue weighted by Crippen LogP contribution is -2.42. The molecule has 1 saturated heterocycles. The molecule has 0 saturated carbocycles. The van der Waals surface area contributed by atoms with E-state index in [9.17, 15) is 0 Å². The number of thiocarbonyl (C=S) groups is 1. The maximum absolute atomic E-state index is 5.76. The van der Waals surface area contributed by atoms with Crippen LogP contribution in [-0.4, -0.2) is 47.8 Å². The minimum Gasteiger partial charge on any atom is -0.385 e. The van der Waals surface area contributed by atoms with Gasteiger partial charge in [-0.1, -0.05) is 18.2 Å². The van der Waals surface area contributed by atoms with Gasteiger partial charge in [-0.25, -0.2) is 0 Å². The Balaban J connectivity index is 1.76. The van der Waals surface area contributed by atoms with Gasteiger partial charge in [0, 0.05) is 44.8 Å². The van der Waals surface area contributed by atoms with Crippen LogP contribution in [0, 0.1) is 0 Å². The summed E-state index contributed by atoms with van der Waals surface area (Å²) in [4.78, 5) is 9.29. The van der Waals surface area contributed by atoms with Gasteiger partial charge < -0.3 is 19.9 Å². The van der Waals surface area contributed by atoms with Crippen molar-refractivity contribution in [1.29, 1.82) is 0 Å². The van der Waals surface area contributed by atoms with E-state index in [-0.39, 0.29) is 17.6 Å². The summed E-state index contributed by atoms with van der Waals surface area (Å²) in [6.45, 7) is 8.27. The van der Waals surface area contributed by atoms with E-state index < -0.39 is 0 Å². The summed E-state index contributed by atoms with van der Waals surface area (Å²) >= 11 is 5.76. The van der Waals surface area contributed by atoms with Crippen LogP contribution in [0.3, 0.4) is 0 Å². The first-order valence-electron chi connectivity index (χ1n) is 10.9. The van der Waals surface area contributed by atoms with Gasteiger partial charge in [-0.15, -0.1) is 0 Å². The van der Waals surface area contributed by atoms with E-state index in [1.165, 1.54) is 22.4 Å². The summed E-state index contributed by atoms with van der Waals surface area (Å²) in [5, 5.41) is 4.32. The highest BCUT2D eigenvalue weighted by atomic mass is 32.1. The lowest BCUT2D eigenvalue weighted by atomic mass is 9.86. The summed E-state index contributed by atoms with van der Waals surface area (Å²) in [5.41, 5.74) is 6.12. The van der Waals surface area contributed by atoms with E-state index in [1.54, 1.807) is 7.11 Å². The molecule has 1 fully saturated rings. The van der Waals surface area contributed by atoms with Crippen molar-refractivity contribution in [3.05, 3.63) is 65.5 Å². The smallest absolute Gasteiger partial charge is 0.170 e. The van der Waals surface area contributed by atoms with Crippen LogP contribution < -0.4 is 10.2 Å². The normalized spacial score (nSPS) is 22.2. The quantitative estimate of drug-likeness (QED) is 0.522. The molecule has 6 heteroatoms. The standard InChI is InChI=1S/C25H32N4OS/c1-17-16-25(2,3)28(4)21-11-10-18(15-19(17)21)23-22(20-9-6-7-12-26-20)27-24(31)29(23)13-8-14-30-5/h6-7,9-12,15-16,22-23H,8,13-14H2,1-5H3,(H,27,31)/t22-,23-/m1/s1. The first-order valence-corrected chi connectivity index (χ1v) is 11.3. The van der Waals surface area contributed by atoms with Crippen LogP contribution in [0.4, 0.5) is 5.69 Å². The van der Waals surface area contributed by atoms with Crippen LogP contribution >= 0.6 is 12.2 Å². The van der Waals surface area contributed by atoms with Crippen molar-refractivity contribution in [3.8, 4) is 0 Å². The summed E-state index contributed by atoms with van der Waals surface area (Å²) in [6.07, 6.45) is 5.12. The summed E-state index contributed by atoms with van der Waals surface area (Å²) in [6, 6.07) is 13.0. The van der Waals surface area contributed by atoms with E-state index >= 15 is 0 Å². The first-order chi connectivity index (χ1) is 14.8. The summed E-state index contributed by atoms with van der Waals surface area (Å²) in [5.74, 6) is 0. The zero-order chi connectivity index (χ0) is 22.2. The Bertz CT molecular complexity index is 988. The second-order valence-electron chi connectivity index (χ2n) is 8.98. The summed E-state index contributed by atoms with van der Waals surface area (Å²) < 4.78 is 5.29. The molecule has 3 heterocycles. The fraction of sp³-hybridized carbons (Fsp3) is 0.440. The number of fused-ring (bicyclic) bond motifs is 1. The van der Waals surface area contributed by atoms with Crippen molar-refractivity contribution < 1.29 is 4.74 Å². The number of aromatic nitrogens is 1. The number of pyridine rings is 1. The molecule has 1 aromatic carbocycles. The predicted molar refractivity (Wildman–Crippen MR) is 131 cm³/mol. The Morgan fingerprint density at radius 3 is 2.74 bits per heavy atom. The van der Waals surface area contributed by atoms with Crippen molar-refractivity contribution in [2.45, 2.75) is 44.8 Å². The van der Waals surface area contributed by atoms with Gasteiger partial charge in [-0.05, 0) is 74.8 Å². The molecule has 164 valence electrons. The van der Waals surface area contributed by atoms with Gasteiger partial charge in [-0.3, -0.25) is 4.98 Å². The van der Waals surface area contributed by atoms with Gasteiger partial charge in [0.1, 0.15) is 0 Å². The topological polar surface area (TPSA) is 40.6 Å². The molecular weight excluding hydrogens is 404 g/mol. The molecule has 4 rings (SSSR count). The monoisotopic (exact) mass is 436 g/mol. The number of benzene rings is 1. The molecule has 0 bridgehead atoms. The Hall–Kier alpha value is -2.44. The minimum atomic E-state index is -0.00222. The van der Waals surface area contributed by atoms with E-state index in [1.807, 2.05) is 18.3 Å². The van der Waals surface area contributed by atoms with Gasteiger partial charge in [0.05, 0.1) is 23.3 Å². The van der Waals surface area contributed by atoms with Crippen molar-refractivity contribution in [2.75, 3.05) is 32.2 Å². The molecule has 0 aliphatic carbocycles. The molecule has 0 unspecified atom stereocenters. The molecule has 1 aromatic heterocycles. The first kappa shape index (κ1) is 21.8. The number of anilines is 1. The van der Waals surface area contributed by atoms with Crippen LogP contribution in [0.25, 0.3) is 5.57 Å². The number of nitrogens with one attached hydrogen (secondary N) is 1. The number of allylic oxidation sites excluding steroid dienone is 1. The van der Waals surface area contributed by atoms with Crippen LogP contribution in [-0.2, 0) is 4.74 Å². The third-order valence-corrected chi connectivity index (χ3v) is 6.88. The highest BCUT2D eigenvalue weighted by molar-refractivity contribution is 7.80. The van der Waals surface area contributed by atoms with Crippen LogP contribution in [0.15, 0.2) is 48.7 Å². The van der Waals surface area contributed by atoms with Crippen LogP contribution in [0.5, 0.6) is 0 Å². The highest BCUT2D eigenvalue weighted by Gasteiger charge is 2.40. The van der Waals surface area contributed by atoms with E-state index in [4.69, 9.17) is 17.0 Å². The summed E-state index contributed by atoms with van der Waals surface area (Å²) in [7, 11) is 3.91. The number of likely N-dealkylation sites (N-methyl/N-ethyl adjacent to an activating group) is 1. The molecule has 0 radical (unpaired) electrons. The number of ether oxygens (including phenoxy) is 1. The van der Waals surface area contributed by atoms with Gasteiger partial charge in [-0.2, -0.15) is 0 Å². The van der Waals surface area contributed by atoms with E-state index in [0.717, 1.165) is 23.8 Å². The zero-order valence-corrected chi connectivity index (χ0v) is 19.9. The van der Waals surface area contributed by atoms with Gasteiger partial charge in [0.15, 0.2) is 5.11 Å². The molecule has 2 aliphatic rings. The molecule has 0 spiro atoms. The van der Waals surface area contributed by atoms with Gasteiger partial charge in [0.25, 0.3) is 0 Å². The average Bonchev–Trinajstić information content (AvgIpc) is 3.09. The largest absolute Gasteiger partial charge is 0.385 e. The number of methoxy groups -OCH3 is 1. The van der Waals surface area contributed by atoms with E-state index in [0.29, 0.717) is 6.61 Å². The SMILES string of the molecule is COCCCN1C(=S)N[C@H](c2ccccn2)[C@H]1c1ccc2c(c1)C(C)=CC(C)(C)N2C. The molecule has 2 atom stereocenters. The zero-order valence-electron chi connectivity index (χ0n) is 19.1. The third-order valence-electron chi connectivity index (χ3n) is 6.53. The number of rotatable bonds is 6. The molecule has 31 heavy (non-hydrogen) atoms. The fourth-order valence-corrected chi connectivity index (χ4v) is 5.08. The minimum absolute atomic E-state index is 0.00222. The maximum atomic E-state index is 5.76. The maximum Gasteiger partial charge on any atom is 0.170 e. The van der Waals surface area contributed by atoms with Crippen molar-refractivity contribution in [3.63, 3.8) is 0 Å². The Morgan fingerprint density at radius 2 is 2.03 bits per heavy atom. The van der Waals surface area contributed by atoms with Crippen molar-refractivity contribution in [1.82, 2.24) is 15.2 Å². The Morgan fingerprint density at radius 1 is 1.23 bits per heavy atom. The number of hydrogen-bond acceptors (Lipinski definition) is 4. The number of nitrogens with zero attached hydrogens (tertiary/aromatic N) is 3. The Kier molecular flexibility index (Phi) is 6.04. The van der Waals surface area contributed by atoms with Crippen LogP contribution in [0.1, 0.15) is 56.1 Å². The van der Waals surface area contributed by atoms with Crippen molar-refractivity contribution in [2.24, 2.45) is 0 Å². The lowest BCUT2D eigenvalue weighted by molar-refractivity contribution is 0.180. The molecule has 1 N–H and O–H groups in total. The van der Waals surface area contributed by atoms with Gasteiger partial charge in [0.2, 0.25) is 0 Å². The Labute approximate surface area is 191 Å². The second kappa shape index (κ2) is 8.60. The lowest BCUT2D eigenvalue weighted by Gasteiger charge is -2.41. The molecule has 5 nitrogen and oxygen atoms in total. The molecular formula is C25H32N4OS. The molecule has 2 aromatic rings. The predicted octanol–water partition coefficient (Wildman–Crippen LogP) is 4.72. The molecule has 2 aliphatic heterocycles.